The molecule has 7 nitrogen and oxygen atoms in total. The standard InChI is InChI=1S/C27H29ClFN3O4S/c28-22-4-1-3-21(13-22)26(33)31(15-19-6-7-19)16-24-14-30-27(32(24)17-25-5-2-12-36-25)37(34,35)18-20-8-10-23(29)11-9-20/h1,3-4,8-11,13-14,19,25H,2,5-7,12,15-18H2/t25-/m0/s1. The number of hydrogen-bond donors (Lipinski definition) is 0. The first-order valence-corrected chi connectivity index (χ1v) is 14.5. The molecule has 2 heterocycles. The predicted molar refractivity (Wildman–Crippen MR) is 137 cm³/mol. The van der Waals surface area contributed by atoms with Crippen LogP contribution in [0.4, 0.5) is 4.39 Å². The SMILES string of the molecule is O=C(c1cccc(Cl)c1)N(Cc1cnc(S(=O)(=O)Cc2ccc(F)cc2)n1C[C@@H]1CCCO1)CC1CC1. The number of halogens is 2. The smallest absolute Gasteiger partial charge is 0.254 e. The topological polar surface area (TPSA) is 81.5 Å². The summed E-state index contributed by atoms with van der Waals surface area (Å²) in [6.45, 7) is 1.76. The van der Waals surface area contributed by atoms with Crippen LogP contribution in [0.1, 0.15) is 47.3 Å². The van der Waals surface area contributed by atoms with Gasteiger partial charge in [0.25, 0.3) is 5.91 Å². The van der Waals surface area contributed by atoms with Crippen molar-refractivity contribution in [2.45, 2.75) is 55.8 Å². The first-order valence-electron chi connectivity index (χ1n) is 12.5. The Morgan fingerprint density at radius 2 is 1.95 bits per heavy atom. The van der Waals surface area contributed by atoms with Crippen LogP contribution in [0.2, 0.25) is 5.02 Å². The summed E-state index contributed by atoms with van der Waals surface area (Å²) in [6, 6.07) is 12.2. The maximum atomic E-state index is 13.5. The fourth-order valence-electron chi connectivity index (χ4n) is 4.65. The van der Waals surface area contributed by atoms with E-state index in [-0.39, 0.29) is 29.5 Å². The summed E-state index contributed by atoms with van der Waals surface area (Å²) in [7, 11) is -3.85. The van der Waals surface area contributed by atoms with Crippen LogP contribution in [0.15, 0.2) is 59.9 Å². The molecular weight excluding hydrogens is 517 g/mol. The normalized spacial score (nSPS) is 17.7. The number of amides is 1. The Labute approximate surface area is 221 Å². The van der Waals surface area contributed by atoms with Crippen LogP contribution in [-0.4, -0.2) is 48.0 Å². The Hall–Kier alpha value is -2.75. The second-order valence-corrected chi connectivity index (χ2v) is 12.1. The number of imidazole rings is 1. The number of nitrogens with zero attached hydrogens (tertiary/aromatic N) is 3. The zero-order valence-electron chi connectivity index (χ0n) is 20.4. The fraction of sp³-hybridized carbons (Fsp3) is 0.407. The van der Waals surface area contributed by atoms with Gasteiger partial charge in [-0.25, -0.2) is 17.8 Å². The highest BCUT2D eigenvalue weighted by molar-refractivity contribution is 7.90. The molecule has 2 aromatic carbocycles. The highest BCUT2D eigenvalue weighted by Crippen LogP contribution is 2.31. The van der Waals surface area contributed by atoms with Crippen LogP contribution in [0.3, 0.4) is 0 Å². The molecule has 3 aromatic rings. The van der Waals surface area contributed by atoms with E-state index in [0.29, 0.717) is 47.5 Å². The average Bonchev–Trinajstić information content (AvgIpc) is 3.36. The molecule has 2 fully saturated rings. The molecule has 0 spiro atoms. The van der Waals surface area contributed by atoms with Gasteiger partial charge in [-0.2, -0.15) is 0 Å². The van der Waals surface area contributed by atoms with E-state index in [1.165, 1.54) is 30.5 Å². The molecular formula is C27H29ClFN3O4S. The molecule has 5 rings (SSSR count). The number of carbonyl (C=O) groups is 1. The summed E-state index contributed by atoms with van der Waals surface area (Å²) in [6.07, 6.45) is 5.26. The van der Waals surface area contributed by atoms with Crippen LogP contribution in [0.5, 0.6) is 0 Å². The van der Waals surface area contributed by atoms with Crippen LogP contribution >= 0.6 is 11.6 Å². The van der Waals surface area contributed by atoms with Gasteiger partial charge >= 0.3 is 0 Å². The molecule has 1 saturated heterocycles. The molecule has 1 atom stereocenters. The second-order valence-electron chi connectivity index (χ2n) is 9.80. The number of ether oxygens (including phenoxy) is 1. The maximum absolute atomic E-state index is 13.5. The third kappa shape index (κ3) is 6.40. The first-order chi connectivity index (χ1) is 17.8. The summed E-state index contributed by atoms with van der Waals surface area (Å²) in [5.41, 5.74) is 1.59. The van der Waals surface area contributed by atoms with Gasteiger partial charge in [0.05, 0.1) is 36.8 Å². The maximum Gasteiger partial charge on any atom is 0.254 e. The van der Waals surface area contributed by atoms with Crippen LogP contribution in [0.25, 0.3) is 0 Å². The van der Waals surface area contributed by atoms with Gasteiger partial charge in [0, 0.05) is 23.7 Å². The van der Waals surface area contributed by atoms with E-state index in [1.807, 2.05) is 0 Å². The molecule has 0 N–H and O–H groups in total. The van der Waals surface area contributed by atoms with Gasteiger partial charge in [-0.3, -0.25) is 4.79 Å². The lowest BCUT2D eigenvalue weighted by Crippen LogP contribution is -2.34. The molecule has 1 aliphatic heterocycles. The van der Waals surface area contributed by atoms with E-state index < -0.39 is 15.7 Å². The summed E-state index contributed by atoms with van der Waals surface area (Å²) < 4.78 is 47.7. The van der Waals surface area contributed by atoms with Gasteiger partial charge in [-0.05, 0) is 67.5 Å². The zero-order chi connectivity index (χ0) is 26.0. The third-order valence-electron chi connectivity index (χ3n) is 6.75. The van der Waals surface area contributed by atoms with Gasteiger partial charge in [0.15, 0.2) is 0 Å². The Kier molecular flexibility index (Phi) is 7.65. The number of aromatic nitrogens is 2. The highest BCUT2D eigenvalue weighted by atomic mass is 35.5. The lowest BCUT2D eigenvalue weighted by Gasteiger charge is -2.24. The number of hydrogen-bond acceptors (Lipinski definition) is 5. The van der Waals surface area contributed by atoms with Crippen LogP contribution in [-0.2, 0) is 33.4 Å². The highest BCUT2D eigenvalue weighted by Gasteiger charge is 2.31. The van der Waals surface area contributed by atoms with E-state index >= 15 is 0 Å². The quantitative estimate of drug-likeness (QED) is 0.363. The van der Waals surface area contributed by atoms with E-state index in [2.05, 4.69) is 4.98 Å². The van der Waals surface area contributed by atoms with Gasteiger partial charge in [-0.15, -0.1) is 0 Å². The molecule has 1 aromatic heterocycles. The van der Waals surface area contributed by atoms with Crippen molar-refractivity contribution in [2.75, 3.05) is 13.2 Å². The van der Waals surface area contributed by atoms with Crippen molar-refractivity contribution < 1.29 is 22.3 Å². The van der Waals surface area contributed by atoms with E-state index in [0.717, 1.165) is 25.7 Å². The van der Waals surface area contributed by atoms with Crippen molar-refractivity contribution >= 4 is 27.3 Å². The third-order valence-corrected chi connectivity index (χ3v) is 8.58. The van der Waals surface area contributed by atoms with Crippen molar-refractivity contribution in [3.8, 4) is 0 Å². The molecule has 1 saturated carbocycles. The molecule has 0 radical (unpaired) electrons. The summed E-state index contributed by atoms with van der Waals surface area (Å²) in [5.74, 6) is -0.458. The molecule has 196 valence electrons. The Balaban J connectivity index is 1.46. The van der Waals surface area contributed by atoms with Gasteiger partial charge < -0.3 is 14.2 Å². The average molecular weight is 546 g/mol. The zero-order valence-corrected chi connectivity index (χ0v) is 21.9. The number of carbonyl (C=O) groups excluding carboxylic acids is 1. The largest absolute Gasteiger partial charge is 0.376 e. The summed E-state index contributed by atoms with van der Waals surface area (Å²) in [4.78, 5) is 19.5. The summed E-state index contributed by atoms with van der Waals surface area (Å²) in [5, 5.41) is 0.415. The van der Waals surface area contributed by atoms with Gasteiger partial charge in [0.1, 0.15) is 5.82 Å². The van der Waals surface area contributed by atoms with Crippen molar-refractivity contribution in [3.05, 3.63) is 82.4 Å². The van der Waals surface area contributed by atoms with Crippen molar-refractivity contribution in [1.82, 2.24) is 14.5 Å². The van der Waals surface area contributed by atoms with Crippen molar-refractivity contribution in [2.24, 2.45) is 5.92 Å². The predicted octanol–water partition coefficient (Wildman–Crippen LogP) is 4.88. The van der Waals surface area contributed by atoms with E-state index in [4.69, 9.17) is 16.3 Å². The van der Waals surface area contributed by atoms with Crippen LogP contribution < -0.4 is 0 Å². The Morgan fingerprint density at radius 1 is 1.16 bits per heavy atom. The Bertz CT molecular complexity index is 1370. The molecule has 2 aliphatic rings. The summed E-state index contributed by atoms with van der Waals surface area (Å²) >= 11 is 6.13. The number of rotatable bonds is 10. The minimum absolute atomic E-state index is 0.0658. The number of benzene rings is 2. The van der Waals surface area contributed by atoms with E-state index in [1.54, 1.807) is 33.7 Å². The molecule has 0 bridgehead atoms. The second kappa shape index (κ2) is 10.9. The molecule has 10 heteroatoms. The monoisotopic (exact) mass is 545 g/mol. The molecule has 1 aliphatic carbocycles. The van der Waals surface area contributed by atoms with Gasteiger partial charge in [-0.1, -0.05) is 29.8 Å². The molecule has 0 unspecified atom stereocenters. The fourth-order valence-corrected chi connectivity index (χ4v) is 6.34. The number of sulfone groups is 1. The van der Waals surface area contributed by atoms with Crippen molar-refractivity contribution in [1.29, 1.82) is 0 Å². The minimum Gasteiger partial charge on any atom is -0.376 e. The first kappa shape index (κ1) is 25.9. The minimum atomic E-state index is -3.85. The lowest BCUT2D eigenvalue weighted by atomic mass is 10.2. The Morgan fingerprint density at radius 3 is 2.62 bits per heavy atom. The van der Waals surface area contributed by atoms with E-state index in [9.17, 15) is 17.6 Å². The molecule has 37 heavy (non-hydrogen) atoms. The van der Waals surface area contributed by atoms with Crippen LogP contribution in [0, 0.1) is 11.7 Å². The van der Waals surface area contributed by atoms with Crippen molar-refractivity contribution in [3.63, 3.8) is 0 Å². The van der Waals surface area contributed by atoms with Gasteiger partial charge in [0.2, 0.25) is 15.0 Å². The lowest BCUT2D eigenvalue weighted by molar-refractivity contribution is 0.0723. The molecule has 1 amide bonds.